The van der Waals surface area contributed by atoms with Crippen LogP contribution in [0.2, 0.25) is 0 Å². The first-order valence-corrected chi connectivity index (χ1v) is 6.55. The summed E-state index contributed by atoms with van der Waals surface area (Å²) in [5.41, 5.74) is 1.21. The van der Waals surface area contributed by atoms with E-state index in [2.05, 4.69) is 5.32 Å². The Morgan fingerprint density at radius 1 is 1.39 bits per heavy atom. The normalized spacial score (nSPS) is 11.2. The fourth-order valence-electron chi connectivity index (χ4n) is 1.38. The van der Waals surface area contributed by atoms with Gasteiger partial charge in [-0.25, -0.2) is 0 Å². The number of hydrogen-bond donors (Lipinski definition) is 1. The Morgan fingerprint density at radius 3 is 2.56 bits per heavy atom. The SMILES string of the molecule is CCOc1ccc(NC(=O)C(C)(C)C)cc1CCl. The molecule has 0 radical (unpaired) electrons. The lowest BCUT2D eigenvalue weighted by molar-refractivity contribution is -0.123. The van der Waals surface area contributed by atoms with Gasteiger partial charge in [0.05, 0.1) is 12.5 Å². The maximum absolute atomic E-state index is 11.9. The summed E-state index contributed by atoms with van der Waals surface area (Å²) in [7, 11) is 0. The van der Waals surface area contributed by atoms with E-state index in [0.29, 0.717) is 12.5 Å². The van der Waals surface area contributed by atoms with Gasteiger partial charge in [0.1, 0.15) is 5.75 Å². The second-order valence-electron chi connectivity index (χ2n) is 5.09. The summed E-state index contributed by atoms with van der Waals surface area (Å²) >= 11 is 5.87. The predicted octanol–water partition coefficient (Wildman–Crippen LogP) is 3.81. The molecule has 100 valence electrons. The van der Waals surface area contributed by atoms with E-state index in [0.717, 1.165) is 17.0 Å². The Kier molecular flexibility index (Phi) is 5.03. The molecule has 0 fully saturated rings. The highest BCUT2D eigenvalue weighted by Crippen LogP contribution is 2.26. The first kappa shape index (κ1) is 14.8. The molecule has 1 aromatic rings. The molecule has 4 heteroatoms. The van der Waals surface area contributed by atoms with Crippen molar-refractivity contribution in [1.29, 1.82) is 0 Å². The monoisotopic (exact) mass is 269 g/mol. The summed E-state index contributed by atoms with van der Waals surface area (Å²) in [6.45, 7) is 8.14. The average Bonchev–Trinajstić information content (AvgIpc) is 2.30. The van der Waals surface area contributed by atoms with Crippen LogP contribution in [0.25, 0.3) is 0 Å². The molecule has 0 atom stereocenters. The van der Waals surface area contributed by atoms with E-state index >= 15 is 0 Å². The molecular weight excluding hydrogens is 250 g/mol. The van der Waals surface area contributed by atoms with E-state index in [9.17, 15) is 4.79 Å². The Hall–Kier alpha value is -1.22. The number of ether oxygens (including phenoxy) is 1. The number of hydrogen-bond acceptors (Lipinski definition) is 2. The molecule has 3 nitrogen and oxygen atoms in total. The molecule has 1 aromatic carbocycles. The number of carbonyl (C=O) groups excluding carboxylic acids is 1. The van der Waals surface area contributed by atoms with E-state index < -0.39 is 5.41 Å². The number of anilines is 1. The summed E-state index contributed by atoms with van der Waals surface area (Å²) in [5.74, 6) is 1.10. The van der Waals surface area contributed by atoms with Crippen molar-refractivity contribution < 1.29 is 9.53 Å². The van der Waals surface area contributed by atoms with Crippen molar-refractivity contribution >= 4 is 23.2 Å². The molecule has 0 saturated carbocycles. The maximum atomic E-state index is 11.9. The van der Waals surface area contributed by atoms with Gasteiger partial charge in [-0.05, 0) is 25.1 Å². The number of carbonyl (C=O) groups is 1. The molecule has 0 unspecified atom stereocenters. The van der Waals surface area contributed by atoms with Crippen LogP contribution < -0.4 is 10.1 Å². The number of benzene rings is 1. The van der Waals surface area contributed by atoms with Crippen molar-refractivity contribution in [3.05, 3.63) is 23.8 Å². The third-order valence-electron chi connectivity index (χ3n) is 2.44. The van der Waals surface area contributed by atoms with Crippen LogP contribution >= 0.6 is 11.6 Å². The van der Waals surface area contributed by atoms with Gasteiger partial charge in [-0.3, -0.25) is 4.79 Å². The highest BCUT2D eigenvalue weighted by molar-refractivity contribution is 6.17. The summed E-state index contributed by atoms with van der Waals surface area (Å²) in [6.07, 6.45) is 0. The van der Waals surface area contributed by atoms with Crippen molar-refractivity contribution in [1.82, 2.24) is 0 Å². The molecule has 1 rings (SSSR count). The van der Waals surface area contributed by atoms with E-state index in [1.54, 1.807) is 0 Å². The minimum absolute atomic E-state index is 0.0211. The van der Waals surface area contributed by atoms with Crippen LogP contribution in [-0.2, 0) is 10.7 Å². The van der Waals surface area contributed by atoms with Crippen molar-refractivity contribution in [2.24, 2.45) is 5.41 Å². The molecule has 0 aliphatic heterocycles. The van der Waals surface area contributed by atoms with Crippen LogP contribution in [0.5, 0.6) is 5.75 Å². The highest BCUT2D eigenvalue weighted by Gasteiger charge is 2.21. The minimum Gasteiger partial charge on any atom is -0.494 e. The quantitative estimate of drug-likeness (QED) is 0.844. The molecule has 1 N–H and O–H groups in total. The van der Waals surface area contributed by atoms with Crippen LogP contribution in [0.4, 0.5) is 5.69 Å². The summed E-state index contributed by atoms with van der Waals surface area (Å²) in [6, 6.07) is 5.51. The first-order valence-electron chi connectivity index (χ1n) is 6.01. The van der Waals surface area contributed by atoms with Crippen LogP contribution in [0.15, 0.2) is 18.2 Å². The maximum Gasteiger partial charge on any atom is 0.229 e. The van der Waals surface area contributed by atoms with Gasteiger partial charge in [0.25, 0.3) is 0 Å². The van der Waals surface area contributed by atoms with Gasteiger partial charge in [0.2, 0.25) is 5.91 Å². The molecule has 0 aliphatic rings. The second kappa shape index (κ2) is 6.10. The Labute approximate surface area is 113 Å². The summed E-state index contributed by atoms with van der Waals surface area (Å²) < 4.78 is 5.46. The number of alkyl halides is 1. The minimum atomic E-state index is -0.417. The van der Waals surface area contributed by atoms with Crippen molar-refractivity contribution in [3.63, 3.8) is 0 Å². The third-order valence-corrected chi connectivity index (χ3v) is 2.73. The standard InChI is InChI=1S/C14H20ClNO2/c1-5-18-12-7-6-11(8-10(12)9-15)16-13(17)14(2,3)4/h6-8H,5,9H2,1-4H3,(H,16,17). The summed E-state index contributed by atoms with van der Waals surface area (Å²) in [4.78, 5) is 11.9. The average molecular weight is 270 g/mol. The molecule has 0 aromatic heterocycles. The van der Waals surface area contributed by atoms with Gasteiger partial charge in [0.15, 0.2) is 0 Å². The fraction of sp³-hybridized carbons (Fsp3) is 0.500. The zero-order valence-corrected chi connectivity index (χ0v) is 12.1. The highest BCUT2D eigenvalue weighted by atomic mass is 35.5. The van der Waals surface area contributed by atoms with Gasteiger partial charge in [-0.1, -0.05) is 20.8 Å². The number of halogens is 1. The van der Waals surface area contributed by atoms with Crippen LogP contribution in [0, 0.1) is 5.41 Å². The predicted molar refractivity (Wildman–Crippen MR) is 75.3 cm³/mol. The second-order valence-corrected chi connectivity index (χ2v) is 5.36. The van der Waals surface area contributed by atoms with E-state index in [4.69, 9.17) is 16.3 Å². The smallest absolute Gasteiger partial charge is 0.229 e. The van der Waals surface area contributed by atoms with Crippen molar-refractivity contribution in [2.75, 3.05) is 11.9 Å². The lowest BCUT2D eigenvalue weighted by atomic mass is 9.95. The van der Waals surface area contributed by atoms with Crippen molar-refractivity contribution in [3.8, 4) is 5.75 Å². The van der Waals surface area contributed by atoms with Crippen LogP contribution in [0.1, 0.15) is 33.3 Å². The Morgan fingerprint density at radius 2 is 2.06 bits per heavy atom. The van der Waals surface area contributed by atoms with Crippen LogP contribution in [-0.4, -0.2) is 12.5 Å². The molecule has 0 spiro atoms. The molecule has 0 heterocycles. The van der Waals surface area contributed by atoms with Gasteiger partial charge in [-0.2, -0.15) is 0 Å². The van der Waals surface area contributed by atoms with E-state index in [1.807, 2.05) is 45.9 Å². The van der Waals surface area contributed by atoms with Crippen LogP contribution in [0.3, 0.4) is 0 Å². The lowest BCUT2D eigenvalue weighted by Crippen LogP contribution is -2.27. The number of nitrogens with one attached hydrogen (secondary N) is 1. The molecule has 1 amide bonds. The topological polar surface area (TPSA) is 38.3 Å². The fourth-order valence-corrected chi connectivity index (χ4v) is 1.59. The van der Waals surface area contributed by atoms with Gasteiger partial charge in [0, 0.05) is 16.7 Å². The zero-order chi connectivity index (χ0) is 13.8. The lowest BCUT2D eigenvalue weighted by Gasteiger charge is -2.18. The summed E-state index contributed by atoms with van der Waals surface area (Å²) in [5, 5.41) is 2.87. The van der Waals surface area contributed by atoms with Gasteiger partial charge < -0.3 is 10.1 Å². The number of rotatable bonds is 4. The Balaban J connectivity index is 2.89. The molecular formula is C14H20ClNO2. The molecule has 0 saturated heterocycles. The van der Waals surface area contributed by atoms with Gasteiger partial charge >= 0.3 is 0 Å². The third kappa shape index (κ3) is 3.91. The van der Waals surface area contributed by atoms with E-state index in [-0.39, 0.29) is 5.91 Å². The van der Waals surface area contributed by atoms with E-state index in [1.165, 1.54) is 0 Å². The van der Waals surface area contributed by atoms with Gasteiger partial charge in [-0.15, -0.1) is 11.6 Å². The largest absolute Gasteiger partial charge is 0.494 e. The van der Waals surface area contributed by atoms with Crippen molar-refractivity contribution in [2.45, 2.75) is 33.6 Å². The molecule has 0 bridgehead atoms. The first-order chi connectivity index (χ1) is 8.38. The number of amides is 1. The molecule has 0 aliphatic carbocycles. The molecule has 18 heavy (non-hydrogen) atoms. The Bertz CT molecular complexity index is 424. The zero-order valence-electron chi connectivity index (χ0n) is 11.3.